The molecule has 5 heteroatoms. The van der Waals surface area contributed by atoms with E-state index in [1.807, 2.05) is 54.0 Å². The van der Waals surface area contributed by atoms with Gasteiger partial charge in [0.2, 0.25) is 5.78 Å². The van der Waals surface area contributed by atoms with E-state index in [9.17, 15) is 10.1 Å². The predicted molar refractivity (Wildman–Crippen MR) is 126 cm³/mol. The first-order valence-electron chi connectivity index (χ1n) is 10.9. The molecule has 2 aromatic heterocycles. The summed E-state index contributed by atoms with van der Waals surface area (Å²) in [6, 6.07) is 21.3. The molecule has 2 aromatic carbocycles. The largest absolute Gasteiger partial charge is 0.396 e. The van der Waals surface area contributed by atoms with Crippen LogP contribution in [-0.4, -0.2) is 15.3 Å². The Morgan fingerprint density at radius 2 is 1.78 bits per heavy atom. The molecule has 0 aliphatic heterocycles. The van der Waals surface area contributed by atoms with Gasteiger partial charge in [-0.05, 0) is 55.9 Å². The second-order valence-corrected chi connectivity index (χ2v) is 8.31. The van der Waals surface area contributed by atoms with Gasteiger partial charge in [0.15, 0.2) is 0 Å². The maximum Gasteiger partial charge on any atom is 0.211 e. The second-order valence-electron chi connectivity index (χ2n) is 8.31. The first-order valence-corrected chi connectivity index (χ1v) is 10.9. The number of anilines is 1. The minimum Gasteiger partial charge on any atom is -0.396 e. The number of aromatic nitrogens is 2. The molecule has 0 fully saturated rings. The zero-order valence-electron chi connectivity index (χ0n) is 18.0. The van der Waals surface area contributed by atoms with Crippen molar-refractivity contribution in [1.82, 2.24) is 9.55 Å². The molecular formula is C27H24N4O. The van der Waals surface area contributed by atoms with Gasteiger partial charge in [0.1, 0.15) is 17.3 Å². The van der Waals surface area contributed by atoms with Gasteiger partial charge in [-0.2, -0.15) is 5.26 Å². The Hall–Kier alpha value is -4.04. The Balaban J connectivity index is 1.84. The topological polar surface area (TPSA) is 87.6 Å². The monoisotopic (exact) mass is 420 g/mol. The number of H-pyrrole nitrogens is 1. The van der Waals surface area contributed by atoms with Crippen molar-refractivity contribution in [2.75, 3.05) is 5.73 Å². The van der Waals surface area contributed by atoms with E-state index in [0.29, 0.717) is 22.5 Å². The molecule has 1 aliphatic carbocycles. The number of carbonyl (C=O) groups excluding carboxylic acids is 1. The molecule has 1 aliphatic rings. The summed E-state index contributed by atoms with van der Waals surface area (Å²) in [4.78, 5) is 17.2. The quantitative estimate of drug-likeness (QED) is 0.437. The minimum atomic E-state index is -0.203. The SMILES string of the molecule is Cc1ccccc1-n1c(C(=O)c2ccccc2)c(N)c(C#N)c1-c1cc2c([nH]1)CCCC2. The molecule has 5 nitrogen and oxygen atoms in total. The zero-order valence-corrected chi connectivity index (χ0v) is 18.0. The van der Waals surface area contributed by atoms with Crippen molar-refractivity contribution in [2.24, 2.45) is 0 Å². The van der Waals surface area contributed by atoms with Crippen molar-refractivity contribution in [3.8, 4) is 23.1 Å². The van der Waals surface area contributed by atoms with E-state index in [1.165, 1.54) is 11.3 Å². The van der Waals surface area contributed by atoms with Gasteiger partial charge in [0.05, 0.1) is 17.1 Å². The van der Waals surface area contributed by atoms with Crippen LogP contribution in [0.25, 0.3) is 17.1 Å². The van der Waals surface area contributed by atoms with E-state index in [-0.39, 0.29) is 11.5 Å². The maximum atomic E-state index is 13.7. The molecule has 0 bridgehead atoms. The summed E-state index contributed by atoms with van der Waals surface area (Å²) in [5, 5.41) is 10.1. The van der Waals surface area contributed by atoms with E-state index in [2.05, 4.69) is 17.1 Å². The molecular weight excluding hydrogens is 396 g/mol. The molecule has 0 unspecified atom stereocenters. The van der Waals surface area contributed by atoms with Gasteiger partial charge >= 0.3 is 0 Å². The number of benzene rings is 2. The van der Waals surface area contributed by atoms with Gasteiger partial charge in [-0.1, -0.05) is 48.5 Å². The fourth-order valence-electron chi connectivity index (χ4n) is 4.69. The van der Waals surface area contributed by atoms with Crippen molar-refractivity contribution in [1.29, 1.82) is 5.26 Å². The summed E-state index contributed by atoms with van der Waals surface area (Å²) < 4.78 is 1.87. The van der Waals surface area contributed by atoms with Gasteiger partial charge < -0.3 is 15.3 Å². The summed E-state index contributed by atoms with van der Waals surface area (Å²) in [5.74, 6) is -0.203. The fourth-order valence-corrected chi connectivity index (χ4v) is 4.69. The lowest BCUT2D eigenvalue weighted by molar-refractivity contribution is 0.103. The third-order valence-electron chi connectivity index (χ3n) is 6.30. The van der Waals surface area contributed by atoms with Gasteiger partial charge in [-0.15, -0.1) is 0 Å². The minimum absolute atomic E-state index is 0.203. The number of nitrogens with zero attached hydrogens (tertiary/aromatic N) is 2. The third kappa shape index (κ3) is 3.12. The number of nitrogens with two attached hydrogens (primary N) is 1. The Morgan fingerprint density at radius 1 is 1.06 bits per heavy atom. The third-order valence-corrected chi connectivity index (χ3v) is 6.30. The highest BCUT2D eigenvalue weighted by molar-refractivity contribution is 6.13. The summed E-state index contributed by atoms with van der Waals surface area (Å²) >= 11 is 0. The maximum absolute atomic E-state index is 13.7. The fraction of sp³-hybridized carbons (Fsp3) is 0.185. The highest BCUT2D eigenvalue weighted by Crippen LogP contribution is 2.39. The van der Waals surface area contributed by atoms with Crippen LogP contribution in [0.5, 0.6) is 0 Å². The van der Waals surface area contributed by atoms with Crippen molar-refractivity contribution < 1.29 is 4.79 Å². The standard InChI is InChI=1S/C27H24N4O/c1-17-9-5-8-14-23(17)31-25(22-15-19-12-6-7-13-21(19)30-22)20(16-28)24(29)26(31)27(32)18-10-3-2-4-11-18/h2-5,8-11,14-15,30H,6-7,12-13,29H2,1H3. The van der Waals surface area contributed by atoms with Crippen LogP contribution in [0.15, 0.2) is 60.7 Å². The predicted octanol–water partition coefficient (Wildman–Crippen LogP) is 5.34. The highest BCUT2D eigenvalue weighted by atomic mass is 16.1. The van der Waals surface area contributed by atoms with Crippen LogP contribution < -0.4 is 5.73 Å². The first kappa shape index (κ1) is 19.9. The van der Waals surface area contributed by atoms with E-state index in [0.717, 1.165) is 42.6 Å². The zero-order chi connectivity index (χ0) is 22.2. The van der Waals surface area contributed by atoms with E-state index < -0.39 is 0 Å². The number of fused-ring (bicyclic) bond motifs is 1. The van der Waals surface area contributed by atoms with Gasteiger partial charge in [-0.25, -0.2) is 0 Å². The van der Waals surface area contributed by atoms with Crippen LogP contribution in [0, 0.1) is 18.3 Å². The first-order chi connectivity index (χ1) is 15.6. The number of rotatable bonds is 4. The Kier molecular flexibility index (Phi) is 4.91. The number of para-hydroxylation sites is 1. The second kappa shape index (κ2) is 7.90. The number of aromatic amines is 1. The molecule has 32 heavy (non-hydrogen) atoms. The summed E-state index contributed by atoms with van der Waals surface area (Å²) in [7, 11) is 0. The Bertz CT molecular complexity index is 1350. The average Bonchev–Trinajstić information content (AvgIpc) is 3.37. The number of hydrogen-bond donors (Lipinski definition) is 2. The van der Waals surface area contributed by atoms with Gasteiger partial charge in [0, 0.05) is 16.9 Å². The summed E-state index contributed by atoms with van der Waals surface area (Å²) in [6.45, 7) is 2.00. The lowest BCUT2D eigenvalue weighted by atomic mass is 9.98. The van der Waals surface area contributed by atoms with Crippen LogP contribution >= 0.6 is 0 Å². The highest BCUT2D eigenvalue weighted by Gasteiger charge is 2.30. The Labute approximate surface area is 187 Å². The molecule has 0 amide bonds. The molecule has 0 spiro atoms. The normalized spacial score (nSPS) is 12.9. The van der Waals surface area contributed by atoms with Crippen molar-refractivity contribution in [3.63, 3.8) is 0 Å². The number of ketones is 1. The van der Waals surface area contributed by atoms with E-state index in [1.54, 1.807) is 12.1 Å². The van der Waals surface area contributed by atoms with Crippen LogP contribution in [0.3, 0.4) is 0 Å². The van der Waals surface area contributed by atoms with Crippen LogP contribution in [0.4, 0.5) is 5.69 Å². The van der Waals surface area contributed by atoms with E-state index in [4.69, 9.17) is 5.73 Å². The van der Waals surface area contributed by atoms with Crippen LogP contribution in [0.1, 0.15) is 51.3 Å². The van der Waals surface area contributed by atoms with Crippen molar-refractivity contribution in [3.05, 3.63) is 94.3 Å². The molecule has 5 rings (SSSR count). The molecule has 4 aromatic rings. The van der Waals surface area contributed by atoms with Gasteiger partial charge in [-0.3, -0.25) is 4.79 Å². The molecule has 0 atom stereocenters. The number of aryl methyl sites for hydroxylation is 3. The van der Waals surface area contributed by atoms with Crippen LogP contribution in [-0.2, 0) is 12.8 Å². The molecule has 0 radical (unpaired) electrons. The molecule has 0 saturated carbocycles. The smallest absolute Gasteiger partial charge is 0.211 e. The summed E-state index contributed by atoms with van der Waals surface area (Å²) in [6.07, 6.45) is 4.32. The molecule has 2 heterocycles. The molecule has 3 N–H and O–H groups in total. The number of hydrogen-bond acceptors (Lipinski definition) is 3. The number of nitrogen functional groups attached to an aromatic ring is 1. The number of nitriles is 1. The lowest BCUT2D eigenvalue weighted by Crippen LogP contribution is -2.12. The number of nitrogens with one attached hydrogen (secondary N) is 1. The van der Waals surface area contributed by atoms with Crippen molar-refractivity contribution in [2.45, 2.75) is 32.6 Å². The summed E-state index contributed by atoms with van der Waals surface area (Å²) in [5.41, 5.74) is 13.7. The van der Waals surface area contributed by atoms with E-state index >= 15 is 0 Å². The Morgan fingerprint density at radius 3 is 2.50 bits per heavy atom. The van der Waals surface area contributed by atoms with Crippen LogP contribution in [0.2, 0.25) is 0 Å². The molecule has 158 valence electrons. The molecule has 0 saturated heterocycles. The number of carbonyl (C=O) groups is 1. The lowest BCUT2D eigenvalue weighted by Gasteiger charge is -2.15. The van der Waals surface area contributed by atoms with Gasteiger partial charge in [0.25, 0.3) is 0 Å². The average molecular weight is 421 g/mol. The van der Waals surface area contributed by atoms with Crippen molar-refractivity contribution >= 4 is 11.5 Å².